The van der Waals surface area contributed by atoms with Gasteiger partial charge in [-0.15, -0.1) is 0 Å². The minimum atomic E-state index is 0.806. The molecule has 1 atom stereocenters. The van der Waals surface area contributed by atoms with Gasteiger partial charge in [-0.2, -0.15) is 0 Å². The van der Waals surface area contributed by atoms with Gasteiger partial charge in [-0.25, -0.2) is 0 Å². The van der Waals surface area contributed by atoms with E-state index in [-0.39, 0.29) is 0 Å². The maximum Gasteiger partial charge on any atom is 0.0603 e. The maximum atomic E-state index is 3.31. The molecule has 3 aliphatic rings. The molecule has 1 nitrogen and oxygen atoms in total. The van der Waals surface area contributed by atoms with Gasteiger partial charge in [-0.1, -0.05) is 12.2 Å². The van der Waals surface area contributed by atoms with Gasteiger partial charge in [0.2, 0.25) is 0 Å². The van der Waals surface area contributed by atoms with Gasteiger partial charge in [-0.3, -0.25) is 0 Å². The van der Waals surface area contributed by atoms with E-state index in [1.165, 1.54) is 18.9 Å². The Labute approximate surface area is 43.4 Å². The summed E-state index contributed by atoms with van der Waals surface area (Å²) >= 11 is 0. The van der Waals surface area contributed by atoms with Gasteiger partial charge in [0.05, 0.1) is 6.04 Å². The van der Waals surface area contributed by atoms with Crippen LogP contribution in [0.25, 0.3) is 0 Å². The predicted molar refractivity (Wildman–Crippen MR) is 28.5 cm³/mol. The summed E-state index contributed by atoms with van der Waals surface area (Å²) < 4.78 is 0. The lowest BCUT2D eigenvalue weighted by molar-refractivity contribution is 0.380. The lowest BCUT2D eigenvalue weighted by Gasteiger charge is -2.37. The van der Waals surface area contributed by atoms with Crippen LogP contribution in [-0.2, 0) is 0 Å². The molecule has 0 saturated carbocycles. The summed E-state index contributed by atoms with van der Waals surface area (Å²) in [5.74, 6) is 0. The summed E-state index contributed by atoms with van der Waals surface area (Å²) in [6, 6.07) is 2.23. The van der Waals surface area contributed by atoms with Crippen molar-refractivity contribution in [2.24, 2.45) is 0 Å². The number of rotatable bonds is 0. The SMILES string of the molecule is C1=C[C]2CC(C1)N2. The summed E-state index contributed by atoms with van der Waals surface area (Å²) in [5.41, 5.74) is 0. The lowest BCUT2D eigenvalue weighted by Crippen LogP contribution is -2.46. The molecule has 0 aromatic heterocycles. The van der Waals surface area contributed by atoms with Crippen molar-refractivity contribution in [3.63, 3.8) is 0 Å². The van der Waals surface area contributed by atoms with Crippen LogP contribution in [0.3, 0.4) is 0 Å². The van der Waals surface area contributed by atoms with Gasteiger partial charge in [-0.05, 0) is 12.8 Å². The van der Waals surface area contributed by atoms with Crippen molar-refractivity contribution in [1.82, 2.24) is 5.32 Å². The molecule has 3 rings (SSSR count). The molecular weight excluding hydrogens is 86.1 g/mol. The van der Waals surface area contributed by atoms with Crippen molar-refractivity contribution < 1.29 is 0 Å². The highest BCUT2D eigenvalue weighted by Gasteiger charge is 2.28. The molecule has 1 heteroatoms. The van der Waals surface area contributed by atoms with E-state index in [2.05, 4.69) is 17.5 Å². The highest BCUT2D eigenvalue weighted by molar-refractivity contribution is 5.23. The van der Waals surface area contributed by atoms with Crippen molar-refractivity contribution in [1.29, 1.82) is 0 Å². The molecule has 1 unspecified atom stereocenters. The van der Waals surface area contributed by atoms with E-state index in [0.717, 1.165) is 6.04 Å². The summed E-state index contributed by atoms with van der Waals surface area (Å²) in [6.07, 6.45) is 6.96. The third-order valence-electron chi connectivity index (χ3n) is 1.60. The molecule has 1 fully saturated rings. The van der Waals surface area contributed by atoms with Gasteiger partial charge in [0, 0.05) is 6.04 Å². The van der Waals surface area contributed by atoms with Crippen LogP contribution in [0.1, 0.15) is 12.8 Å². The zero-order valence-electron chi connectivity index (χ0n) is 4.15. The first-order valence-corrected chi connectivity index (χ1v) is 2.74. The van der Waals surface area contributed by atoms with Crippen LogP contribution in [-0.4, -0.2) is 6.04 Å². The average Bonchev–Trinajstić information content (AvgIpc) is 1.67. The molecular formula is C6H8N. The van der Waals surface area contributed by atoms with E-state index < -0.39 is 0 Å². The quantitative estimate of drug-likeness (QED) is 0.469. The Balaban J connectivity index is 2.18. The van der Waals surface area contributed by atoms with Crippen LogP contribution in [0.15, 0.2) is 12.2 Å². The third-order valence-corrected chi connectivity index (χ3v) is 1.60. The minimum absolute atomic E-state index is 0.806. The molecule has 1 aliphatic carbocycles. The third kappa shape index (κ3) is 0.416. The van der Waals surface area contributed by atoms with E-state index in [4.69, 9.17) is 0 Å². The Bertz CT molecular complexity index is 101. The fourth-order valence-electron chi connectivity index (χ4n) is 1.14. The zero-order valence-corrected chi connectivity index (χ0v) is 4.15. The van der Waals surface area contributed by atoms with E-state index in [1.807, 2.05) is 0 Å². The second-order valence-corrected chi connectivity index (χ2v) is 2.21. The van der Waals surface area contributed by atoms with Gasteiger partial charge < -0.3 is 5.32 Å². The fraction of sp³-hybridized carbons (Fsp3) is 0.500. The van der Waals surface area contributed by atoms with Crippen LogP contribution >= 0.6 is 0 Å². The molecule has 0 aromatic carbocycles. The summed E-state index contributed by atoms with van der Waals surface area (Å²) in [5, 5.41) is 3.31. The molecule has 1 N–H and O–H groups in total. The second kappa shape index (κ2) is 1.10. The van der Waals surface area contributed by atoms with Gasteiger partial charge in [0.1, 0.15) is 0 Å². The Morgan fingerprint density at radius 2 is 2.57 bits per heavy atom. The Morgan fingerprint density at radius 3 is 2.71 bits per heavy atom. The molecule has 2 aliphatic heterocycles. The van der Waals surface area contributed by atoms with Crippen molar-refractivity contribution in [3.8, 4) is 0 Å². The minimum Gasteiger partial charge on any atom is -0.303 e. The highest BCUT2D eigenvalue weighted by Crippen LogP contribution is 2.27. The molecule has 1 radical (unpaired) electrons. The fourth-order valence-corrected chi connectivity index (χ4v) is 1.14. The topological polar surface area (TPSA) is 12.0 Å². The first-order valence-electron chi connectivity index (χ1n) is 2.74. The smallest absolute Gasteiger partial charge is 0.0603 e. The number of fused-ring (bicyclic) bond motifs is 1. The molecule has 0 amide bonds. The standard InChI is InChI=1S/C6H8N/c1-2-5-4-6(3-1)7-5/h1-2,6-7H,3-4H2. The molecule has 0 spiro atoms. The second-order valence-electron chi connectivity index (χ2n) is 2.21. The van der Waals surface area contributed by atoms with Crippen LogP contribution in [0.4, 0.5) is 0 Å². The monoisotopic (exact) mass is 94.1 g/mol. The van der Waals surface area contributed by atoms with Crippen LogP contribution in [0.5, 0.6) is 0 Å². The molecule has 37 valence electrons. The Hall–Kier alpha value is -0.300. The van der Waals surface area contributed by atoms with Crippen molar-refractivity contribution >= 4 is 0 Å². The average molecular weight is 94.1 g/mol. The maximum absolute atomic E-state index is 3.31. The number of nitrogens with one attached hydrogen (secondary N) is 1. The van der Waals surface area contributed by atoms with E-state index in [0.29, 0.717) is 0 Å². The number of hydrogen-bond donors (Lipinski definition) is 1. The van der Waals surface area contributed by atoms with E-state index in [1.54, 1.807) is 0 Å². The van der Waals surface area contributed by atoms with Crippen molar-refractivity contribution in [3.05, 3.63) is 18.2 Å². The molecule has 1 saturated heterocycles. The van der Waals surface area contributed by atoms with Crippen LogP contribution in [0.2, 0.25) is 0 Å². The van der Waals surface area contributed by atoms with Gasteiger partial charge in [0.15, 0.2) is 0 Å². The lowest BCUT2D eigenvalue weighted by atomic mass is 9.89. The molecule has 7 heavy (non-hydrogen) atoms. The normalized spacial score (nSPS) is 38.0. The largest absolute Gasteiger partial charge is 0.303 e. The predicted octanol–water partition coefficient (Wildman–Crippen LogP) is 0.840. The van der Waals surface area contributed by atoms with Crippen LogP contribution < -0.4 is 5.32 Å². The van der Waals surface area contributed by atoms with E-state index in [9.17, 15) is 0 Å². The first kappa shape index (κ1) is 3.67. The number of hydrogen-bond acceptors (Lipinski definition) is 1. The Kier molecular flexibility index (Phi) is 0.577. The summed E-state index contributed by atoms with van der Waals surface area (Å²) in [4.78, 5) is 0. The molecule has 2 bridgehead atoms. The van der Waals surface area contributed by atoms with E-state index >= 15 is 0 Å². The van der Waals surface area contributed by atoms with Gasteiger partial charge in [0.25, 0.3) is 0 Å². The van der Waals surface area contributed by atoms with Crippen LogP contribution in [0, 0.1) is 6.04 Å². The van der Waals surface area contributed by atoms with Crippen molar-refractivity contribution in [2.75, 3.05) is 0 Å². The van der Waals surface area contributed by atoms with Crippen molar-refractivity contribution in [2.45, 2.75) is 18.9 Å². The molecule has 0 aromatic rings. The Morgan fingerprint density at radius 1 is 1.71 bits per heavy atom. The summed E-state index contributed by atoms with van der Waals surface area (Å²) in [6.45, 7) is 0. The first-order chi connectivity index (χ1) is 3.45. The summed E-state index contributed by atoms with van der Waals surface area (Å²) in [7, 11) is 0. The zero-order chi connectivity index (χ0) is 4.69. The highest BCUT2D eigenvalue weighted by atomic mass is 15.0. The molecule has 2 heterocycles. The van der Waals surface area contributed by atoms with Gasteiger partial charge >= 0.3 is 0 Å².